The van der Waals surface area contributed by atoms with Crippen LogP contribution in [0.1, 0.15) is 58.9 Å². The quantitative estimate of drug-likeness (QED) is 0.325. The highest BCUT2D eigenvalue weighted by Crippen LogP contribution is 2.33. The van der Waals surface area contributed by atoms with Crippen LogP contribution in [0, 0.1) is 17.3 Å². The van der Waals surface area contributed by atoms with Crippen molar-refractivity contribution in [3.8, 4) is 11.8 Å². The molecule has 31 heavy (non-hydrogen) atoms. The van der Waals surface area contributed by atoms with Crippen molar-refractivity contribution in [2.24, 2.45) is 5.41 Å². The smallest absolute Gasteiger partial charge is 0.258 e. The normalized spacial score (nSPS) is 15.3. The fraction of sp³-hybridized carbons (Fsp3) is 0.385. The second-order valence-corrected chi connectivity index (χ2v) is 10.3. The Morgan fingerprint density at radius 1 is 1.19 bits per heavy atom. The lowest BCUT2D eigenvalue weighted by molar-refractivity contribution is 0.359. The molecule has 0 saturated heterocycles. The van der Waals surface area contributed by atoms with Gasteiger partial charge in [0.2, 0.25) is 0 Å². The van der Waals surface area contributed by atoms with Crippen LogP contribution in [0.2, 0.25) is 0 Å². The van der Waals surface area contributed by atoms with Gasteiger partial charge in [-0.15, -0.1) is 0 Å². The van der Waals surface area contributed by atoms with E-state index in [0.29, 0.717) is 10.9 Å². The third-order valence-electron chi connectivity index (χ3n) is 6.10. The molecular weight excluding hydrogens is 450 g/mol. The predicted octanol–water partition coefficient (Wildman–Crippen LogP) is 6.54. The maximum atomic E-state index is 12.9. The molecule has 1 atom stereocenters. The number of H-pyrrole nitrogens is 1. The first kappa shape index (κ1) is 21.6. The highest BCUT2D eigenvalue weighted by Gasteiger charge is 2.22. The molecule has 2 heterocycles. The Balaban J connectivity index is 1.96. The minimum atomic E-state index is -0.150. The van der Waals surface area contributed by atoms with E-state index in [4.69, 9.17) is 4.98 Å². The monoisotopic (exact) mass is 477 g/mol. The summed E-state index contributed by atoms with van der Waals surface area (Å²) in [6, 6.07) is 6.17. The van der Waals surface area contributed by atoms with E-state index < -0.39 is 0 Å². The van der Waals surface area contributed by atoms with Crippen molar-refractivity contribution in [2.45, 2.75) is 59.4 Å². The SMILES string of the molecule is CC(Nc1nc2c(C#CC3=CCCCC3)c[nH]c(=O)c2c2cc(Br)ccc12)C(C)(C)C. The number of rotatable bonds is 2. The van der Waals surface area contributed by atoms with Gasteiger partial charge >= 0.3 is 0 Å². The first-order chi connectivity index (χ1) is 14.7. The van der Waals surface area contributed by atoms with Gasteiger partial charge in [0, 0.05) is 27.5 Å². The molecule has 5 heteroatoms. The number of benzene rings is 1. The van der Waals surface area contributed by atoms with Crippen LogP contribution in [-0.4, -0.2) is 16.0 Å². The largest absolute Gasteiger partial charge is 0.367 e. The lowest BCUT2D eigenvalue weighted by atomic mass is 9.88. The van der Waals surface area contributed by atoms with E-state index in [9.17, 15) is 4.79 Å². The van der Waals surface area contributed by atoms with Gasteiger partial charge < -0.3 is 10.3 Å². The molecular formula is C26H28BrN3O. The molecule has 0 aliphatic heterocycles. The Morgan fingerprint density at radius 3 is 2.71 bits per heavy atom. The molecule has 4 nitrogen and oxygen atoms in total. The maximum Gasteiger partial charge on any atom is 0.258 e. The standard InChI is InChI=1S/C26H28BrN3O/c1-16(26(2,3)4)29-24-20-13-12-19(27)14-21(20)22-23(30-24)18(15-28-25(22)31)11-10-17-8-6-5-7-9-17/h8,12-16H,5-7,9H2,1-4H3,(H,28,31)(H,29,30). The fourth-order valence-corrected chi connectivity index (χ4v) is 4.08. The highest BCUT2D eigenvalue weighted by atomic mass is 79.9. The third-order valence-corrected chi connectivity index (χ3v) is 6.59. The summed E-state index contributed by atoms with van der Waals surface area (Å²) in [5, 5.41) is 5.96. The molecule has 2 aromatic heterocycles. The van der Waals surface area contributed by atoms with Crippen LogP contribution in [0.15, 0.2) is 45.3 Å². The van der Waals surface area contributed by atoms with E-state index in [1.54, 1.807) is 6.20 Å². The molecule has 1 aromatic carbocycles. The highest BCUT2D eigenvalue weighted by molar-refractivity contribution is 9.10. The number of pyridine rings is 2. The number of fused-ring (bicyclic) bond motifs is 3. The number of hydrogen-bond donors (Lipinski definition) is 2. The second kappa shape index (κ2) is 8.51. The van der Waals surface area contributed by atoms with Crippen LogP contribution in [0.4, 0.5) is 5.82 Å². The molecule has 1 unspecified atom stereocenters. The van der Waals surface area contributed by atoms with Crippen LogP contribution < -0.4 is 10.9 Å². The summed E-state index contributed by atoms with van der Waals surface area (Å²) in [5.41, 5.74) is 2.47. The maximum absolute atomic E-state index is 12.9. The molecule has 1 aliphatic rings. The number of hydrogen-bond acceptors (Lipinski definition) is 3. The molecule has 0 spiro atoms. The number of aromatic nitrogens is 2. The van der Waals surface area contributed by atoms with Crippen molar-refractivity contribution in [1.29, 1.82) is 0 Å². The summed E-state index contributed by atoms with van der Waals surface area (Å²) >= 11 is 3.56. The van der Waals surface area contributed by atoms with Crippen molar-refractivity contribution in [3.05, 3.63) is 56.4 Å². The molecule has 1 aliphatic carbocycles. The third kappa shape index (κ3) is 4.55. The number of halogens is 1. The average Bonchev–Trinajstić information content (AvgIpc) is 2.73. The topological polar surface area (TPSA) is 57.8 Å². The lowest BCUT2D eigenvalue weighted by Gasteiger charge is -2.29. The summed E-state index contributed by atoms with van der Waals surface area (Å²) in [4.78, 5) is 20.7. The predicted molar refractivity (Wildman–Crippen MR) is 134 cm³/mol. The molecule has 160 valence electrons. The van der Waals surface area contributed by atoms with Gasteiger partial charge in [-0.1, -0.05) is 54.6 Å². The van der Waals surface area contributed by atoms with Crippen LogP contribution in [-0.2, 0) is 0 Å². The van der Waals surface area contributed by atoms with Crippen LogP contribution in [0.5, 0.6) is 0 Å². The lowest BCUT2D eigenvalue weighted by Crippen LogP contribution is -2.31. The Kier molecular flexibility index (Phi) is 5.94. The second-order valence-electron chi connectivity index (χ2n) is 9.36. The number of nitrogens with one attached hydrogen (secondary N) is 2. The Labute approximate surface area is 191 Å². The molecule has 3 aromatic rings. The van der Waals surface area contributed by atoms with Gasteiger partial charge in [-0.2, -0.15) is 0 Å². The van der Waals surface area contributed by atoms with Gasteiger partial charge in [0.05, 0.1) is 16.5 Å². The molecule has 0 bridgehead atoms. The summed E-state index contributed by atoms with van der Waals surface area (Å²) in [5.74, 6) is 7.38. The average molecular weight is 478 g/mol. The van der Waals surface area contributed by atoms with Gasteiger partial charge in [0.1, 0.15) is 5.82 Å². The van der Waals surface area contributed by atoms with Crippen LogP contribution in [0.25, 0.3) is 21.7 Å². The van der Waals surface area contributed by atoms with E-state index >= 15 is 0 Å². The summed E-state index contributed by atoms with van der Waals surface area (Å²) < 4.78 is 0.922. The number of anilines is 1. The van der Waals surface area contributed by atoms with E-state index in [2.05, 4.69) is 71.8 Å². The van der Waals surface area contributed by atoms with E-state index in [1.165, 1.54) is 18.4 Å². The molecule has 0 radical (unpaired) electrons. The van der Waals surface area contributed by atoms with Gasteiger partial charge in [-0.25, -0.2) is 4.98 Å². The minimum Gasteiger partial charge on any atom is -0.367 e. The van der Waals surface area contributed by atoms with Gasteiger partial charge in [0.25, 0.3) is 5.56 Å². The first-order valence-corrected chi connectivity index (χ1v) is 11.7. The van der Waals surface area contributed by atoms with Gasteiger partial charge in [0.15, 0.2) is 0 Å². The number of nitrogens with zero attached hydrogens (tertiary/aromatic N) is 1. The fourth-order valence-electron chi connectivity index (χ4n) is 3.71. The first-order valence-electron chi connectivity index (χ1n) is 10.9. The zero-order valence-electron chi connectivity index (χ0n) is 18.5. The molecule has 2 N–H and O–H groups in total. The summed E-state index contributed by atoms with van der Waals surface area (Å²) in [6.07, 6.45) is 8.44. The van der Waals surface area contributed by atoms with Crippen molar-refractivity contribution < 1.29 is 0 Å². The van der Waals surface area contributed by atoms with Gasteiger partial charge in [-0.3, -0.25) is 4.79 Å². The Hall–Kier alpha value is -2.58. The van der Waals surface area contributed by atoms with E-state index in [1.807, 2.05) is 18.2 Å². The van der Waals surface area contributed by atoms with E-state index in [-0.39, 0.29) is 17.0 Å². The van der Waals surface area contributed by atoms with Crippen molar-refractivity contribution in [1.82, 2.24) is 9.97 Å². The molecule has 0 saturated carbocycles. The van der Waals surface area contributed by atoms with Crippen molar-refractivity contribution in [3.63, 3.8) is 0 Å². The molecule has 4 rings (SSSR count). The number of allylic oxidation sites excluding steroid dienone is 2. The van der Waals surface area contributed by atoms with Crippen molar-refractivity contribution in [2.75, 3.05) is 5.32 Å². The zero-order chi connectivity index (χ0) is 22.2. The minimum absolute atomic E-state index is 0.0581. The van der Waals surface area contributed by atoms with E-state index in [0.717, 1.165) is 39.5 Å². The zero-order valence-corrected chi connectivity index (χ0v) is 20.1. The summed E-state index contributed by atoms with van der Waals surface area (Å²) in [6.45, 7) is 8.75. The Bertz CT molecular complexity index is 1300. The molecule has 0 amide bonds. The van der Waals surface area contributed by atoms with Crippen LogP contribution in [0.3, 0.4) is 0 Å². The number of aromatic amines is 1. The van der Waals surface area contributed by atoms with Gasteiger partial charge in [-0.05, 0) is 61.8 Å². The summed E-state index contributed by atoms with van der Waals surface area (Å²) in [7, 11) is 0. The Morgan fingerprint density at radius 2 is 2.00 bits per heavy atom. The van der Waals surface area contributed by atoms with Crippen molar-refractivity contribution >= 4 is 43.4 Å². The molecule has 0 fully saturated rings. The van der Waals surface area contributed by atoms with Crippen LogP contribution >= 0.6 is 15.9 Å².